The van der Waals surface area contributed by atoms with Gasteiger partial charge < -0.3 is 34.7 Å². The first-order valence-corrected chi connectivity index (χ1v) is 29.3. The number of aromatic nitrogens is 2. The van der Waals surface area contributed by atoms with Crippen LogP contribution < -0.4 is 24.6 Å². The average Bonchev–Trinajstić information content (AvgIpc) is 3.97. The lowest BCUT2D eigenvalue weighted by Gasteiger charge is -2.58. The van der Waals surface area contributed by atoms with E-state index in [1.165, 1.54) is 41.6 Å². The van der Waals surface area contributed by atoms with Crippen molar-refractivity contribution in [1.82, 2.24) is 24.5 Å². The Hall–Kier alpha value is -6.78. The smallest absolute Gasteiger partial charge is 0.293 e. The van der Waals surface area contributed by atoms with Crippen molar-refractivity contribution in [3.05, 3.63) is 141 Å². The summed E-state index contributed by atoms with van der Waals surface area (Å²) in [5.74, 6) is -2.86. The van der Waals surface area contributed by atoms with Gasteiger partial charge in [0.1, 0.15) is 28.9 Å². The Balaban J connectivity index is 0.803. The number of rotatable bonds is 13. The zero-order valence-electron chi connectivity index (χ0n) is 44.8. The van der Waals surface area contributed by atoms with E-state index in [1.807, 2.05) is 17.0 Å². The molecule has 2 aliphatic carbocycles. The van der Waals surface area contributed by atoms with Crippen LogP contribution in [0.1, 0.15) is 97.8 Å². The van der Waals surface area contributed by atoms with E-state index in [1.54, 1.807) is 25.1 Å². The number of aromatic amines is 1. The predicted molar refractivity (Wildman–Crippen MR) is 296 cm³/mol. The van der Waals surface area contributed by atoms with E-state index in [0.29, 0.717) is 56.4 Å². The molecule has 12 rings (SSSR count). The standard InChI is InChI=1S/C59H66F3N9O8S/c1-36-5-3-4-6-42(36)53-34-67(33-38-7-11-45(60)46(61)25-38)22-23-69(53)40-29-59(30-40)18-20-68(21-19-59)39-8-10-43(50(26-39)70-49-15-24-78-35-54(49)79-57-52(70)28-44-47(62)32-64-55(44)65-57)56(72)66-80(76,77)41-9-12-48(51(27-41)71(74)75)63-31-37-13-16-58(2,73)17-14-37/h3-12,25-28,32,37,40,49,53-54,63,73H,13-24,29-31,33-35H2,1-2H3,(H,64,65)(H,66,72)/t37-,49-,53-,54-,58-/m0/s1. The number of aryl methyl sites for hydroxylation is 1. The van der Waals surface area contributed by atoms with Crippen LogP contribution >= 0.6 is 0 Å². The van der Waals surface area contributed by atoms with Crippen LogP contribution in [-0.4, -0.2) is 120 Å². The van der Waals surface area contributed by atoms with Crippen LogP contribution in [0.2, 0.25) is 0 Å². The summed E-state index contributed by atoms with van der Waals surface area (Å²) >= 11 is 0. The molecule has 80 heavy (non-hydrogen) atoms. The van der Waals surface area contributed by atoms with Crippen molar-refractivity contribution in [2.75, 3.05) is 67.6 Å². The van der Waals surface area contributed by atoms with Crippen molar-refractivity contribution in [2.45, 2.75) is 113 Å². The first-order chi connectivity index (χ1) is 38.4. The van der Waals surface area contributed by atoms with Crippen molar-refractivity contribution in [3.8, 4) is 5.88 Å². The van der Waals surface area contributed by atoms with Crippen LogP contribution in [0.5, 0.6) is 5.88 Å². The number of aliphatic hydroxyl groups is 1. The van der Waals surface area contributed by atoms with Crippen LogP contribution in [0, 0.1) is 45.8 Å². The minimum atomic E-state index is -4.71. The number of H-pyrrole nitrogens is 1. The maximum absolute atomic E-state index is 15.4. The zero-order valence-corrected chi connectivity index (χ0v) is 45.6. The Kier molecular flexibility index (Phi) is 14.3. The van der Waals surface area contributed by atoms with Gasteiger partial charge in [-0.25, -0.2) is 26.3 Å². The molecule has 4 N–H and O–H groups in total. The number of fused-ring (bicyclic) bond motifs is 3. The van der Waals surface area contributed by atoms with Gasteiger partial charge in [0.2, 0.25) is 5.88 Å². The number of nitrogens with zero attached hydrogens (tertiary/aromatic N) is 6. The fraction of sp³-hybridized carbons (Fsp3) is 0.458. The lowest BCUT2D eigenvalue weighted by Crippen LogP contribution is -2.59. The van der Waals surface area contributed by atoms with Crippen molar-refractivity contribution < 1.29 is 45.9 Å². The minimum absolute atomic E-state index is 0.00671. The van der Waals surface area contributed by atoms with Crippen LogP contribution in [0.25, 0.3) is 11.0 Å². The number of hydrogen-bond donors (Lipinski definition) is 4. The molecule has 1 spiro atoms. The number of pyridine rings is 1. The van der Waals surface area contributed by atoms with Crippen LogP contribution in [0.15, 0.2) is 96.0 Å². The number of benzene rings is 4. The summed E-state index contributed by atoms with van der Waals surface area (Å²) in [6, 6.07) is 23.1. The number of piperazine rings is 1. The Bertz CT molecular complexity index is 3470. The molecule has 17 nitrogen and oxygen atoms in total. The van der Waals surface area contributed by atoms with Gasteiger partial charge in [0.05, 0.1) is 44.7 Å². The summed E-state index contributed by atoms with van der Waals surface area (Å²) in [5, 5.41) is 26.1. The molecular formula is C59H66F3N9O8S. The van der Waals surface area contributed by atoms with Gasteiger partial charge in [-0.15, -0.1) is 0 Å². The highest BCUT2D eigenvalue weighted by molar-refractivity contribution is 7.90. The highest BCUT2D eigenvalue weighted by Crippen LogP contribution is 2.54. The van der Waals surface area contributed by atoms with Gasteiger partial charge in [-0.05, 0) is 148 Å². The number of nitrogens with one attached hydrogen (secondary N) is 3. The van der Waals surface area contributed by atoms with Crippen LogP contribution in [0.3, 0.4) is 0 Å². The van der Waals surface area contributed by atoms with Crippen molar-refractivity contribution in [1.29, 1.82) is 0 Å². The Morgan fingerprint density at radius 3 is 2.46 bits per heavy atom. The fourth-order valence-corrected chi connectivity index (χ4v) is 14.4. The molecule has 21 heteroatoms. The molecule has 0 unspecified atom stereocenters. The largest absolute Gasteiger partial charge is 0.468 e. The number of hydrogen-bond acceptors (Lipinski definition) is 14. The number of amides is 1. The number of carbonyl (C=O) groups is 1. The number of nitro benzene ring substituents is 1. The van der Waals surface area contributed by atoms with E-state index >= 15 is 4.39 Å². The molecule has 2 aromatic heterocycles. The van der Waals surface area contributed by atoms with E-state index in [-0.39, 0.29) is 52.1 Å². The molecule has 2 saturated carbocycles. The number of nitro groups is 1. The maximum atomic E-state index is 15.4. The first-order valence-electron chi connectivity index (χ1n) is 27.8. The summed E-state index contributed by atoms with van der Waals surface area (Å²) in [6.07, 6.45) is 7.69. The lowest BCUT2D eigenvalue weighted by molar-refractivity contribution is -0.384. The molecule has 3 atom stereocenters. The van der Waals surface area contributed by atoms with Crippen molar-refractivity contribution >= 4 is 55.4 Å². The number of ether oxygens (including phenoxy) is 2. The second-order valence-electron chi connectivity index (χ2n) is 23.3. The van der Waals surface area contributed by atoms with Crippen LogP contribution in [-0.2, 0) is 21.3 Å². The van der Waals surface area contributed by atoms with Gasteiger partial charge in [0, 0.05) is 82.5 Å². The summed E-state index contributed by atoms with van der Waals surface area (Å²) < 4.78 is 86.5. The predicted octanol–water partition coefficient (Wildman–Crippen LogP) is 9.66. The Labute approximate surface area is 462 Å². The third-order valence-corrected chi connectivity index (χ3v) is 19.4. The number of carbonyl (C=O) groups excluding carboxylic acids is 1. The molecule has 422 valence electrons. The van der Waals surface area contributed by atoms with Crippen molar-refractivity contribution in [3.63, 3.8) is 0 Å². The molecule has 6 heterocycles. The second kappa shape index (κ2) is 21.3. The summed E-state index contributed by atoms with van der Waals surface area (Å²) in [4.78, 5) is 42.8. The average molecular weight is 1120 g/mol. The highest BCUT2D eigenvalue weighted by Gasteiger charge is 2.50. The minimum Gasteiger partial charge on any atom is -0.468 e. The van der Waals surface area contributed by atoms with E-state index in [0.717, 1.165) is 88.6 Å². The zero-order chi connectivity index (χ0) is 55.7. The van der Waals surface area contributed by atoms with Gasteiger partial charge in [0.15, 0.2) is 11.6 Å². The third kappa shape index (κ3) is 10.6. The molecule has 4 aromatic carbocycles. The number of halogens is 3. The monoisotopic (exact) mass is 1120 g/mol. The van der Waals surface area contributed by atoms with Crippen LogP contribution in [0.4, 0.5) is 41.6 Å². The quantitative estimate of drug-likeness (QED) is 0.0630. The molecule has 3 saturated heterocycles. The van der Waals surface area contributed by atoms with E-state index in [2.05, 4.69) is 65.9 Å². The summed E-state index contributed by atoms with van der Waals surface area (Å²) in [5.41, 5.74) is 4.06. The molecular weight excluding hydrogens is 1050 g/mol. The summed E-state index contributed by atoms with van der Waals surface area (Å²) in [6.45, 7) is 9.27. The maximum Gasteiger partial charge on any atom is 0.293 e. The second-order valence-corrected chi connectivity index (χ2v) is 25.0. The van der Waals surface area contributed by atoms with Gasteiger partial charge >= 0.3 is 0 Å². The van der Waals surface area contributed by atoms with Gasteiger partial charge in [-0.2, -0.15) is 4.98 Å². The molecule has 0 bridgehead atoms. The molecule has 5 fully saturated rings. The Morgan fingerprint density at radius 2 is 1.70 bits per heavy atom. The van der Waals surface area contributed by atoms with Gasteiger partial charge in [-0.1, -0.05) is 30.3 Å². The molecule has 6 aliphatic rings. The fourth-order valence-electron chi connectivity index (χ4n) is 13.5. The molecule has 0 radical (unpaired) electrons. The number of sulfonamides is 1. The highest BCUT2D eigenvalue weighted by atomic mass is 32.2. The normalized spacial score (nSPS) is 24.4. The molecule has 4 aliphatic heterocycles. The topological polar surface area (TPSA) is 199 Å². The molecule has 6 aromatic rings. The van der Waals surface area contributed by atoms with Gasteiger partial charge in [0.25, 0.3) is 21.6 Å². The third-order valence-electron chi connectivity index (χ3n) is 18.1. The lowest BCUT2D eigenvalue weighted by atomic mass is 9.59. The van der Waals surface area contributed by atoms with E-state index < -0.39 is 66.6 Å². The van der Waals surface area contributed by atoms with Gasteiger partial charge in [-0.3, -0.25) is 24.7 Å². The van der Waals surface area contributed by atoms with Crippen molar-refractivity contribution in [2.24, 2.45) is 11.3 Å². The van der Waals surface area contributed by atoms with E-state index in [9.17, 15) is 37.2 Å². The SMILES string of the molecule is Cc1ccccc1[C@@H]1CN(Cc2ccc(F)c(F)c2)CCN1C1CC2(CCN(c3ccc(C(=O)NS(=O)(=O)c4ccc(NC[C@H]5CC[C@](C)(O)CC5)c([N+](=O)[O-])c4)c(N4c5cc6c(F)c[nH]c6nc5O[C@H]5COCC[C@@H]54)c3)CC2)C1. The summed E-state index contributed by atoms with van der Waals surface area (Å²) in [7, 11) is -4.71. The first kappa shape index (κ1) is 53.8. The number of anilines is 4. The Morgan fingerprint density at radius 1 is 0.912 bits per heavy atom. The van der Waals surface area contributed by atoms with E-state index in [4.69, 9.17) is 9.47 Å². The molecule has 1 amide bonds. The number of piperidine rings is 1.